The van der Waals surface area contributed by atoms with Crippen LogP contribution in [0.15, 0.2) is 4.99 Å². The van der Waals surface area contributed by atoms with Crippen LogP contribution in [0.25, 0.3) is 0 Å². The zero-order valence-corrected chi connectivity index (χ0v) is 18.4. The van der Waals surface area contributed by atoms with Crippen molar-refractivity contribution in [1.82, 2.24) is 10.2 Å². The van der Waals surface area contributed by atoms with Crippen molar-refractivity contribution in [2.45, 2.75) is 57.3 Å². The van der Waals surface area contributed by atoms with Gasteiger partial charge in [-0.05, 0) is 26.2 Å². The summed E-state index contributed by atoms with van der Waals surface area (Å²) in [4.78, 5) is 7.19. The van der Waals surface area contributed by atoms with Crippen molar-refractivity contribution in [1.29, 1.82) is 0 Å². The van der Waals surface area contributed by atoms with Crippen LogP contribution in [0, 0.1) is 11.3 Å². The Morgan fingerprint density at radius 2 is 2.08 bits per heavy atom. The van der Waals surface area contributed by atoms with E-state index in [2.05, 4.69) is 17.1 Å². The van der Waals surface area contributed by atoms with E-state index in [4.69, 9.17) is 19.2 Å². The van der Waals surface area contributed by atoms with Gasteiger partial charge in [-0.25, -0.2) is 0 Å². The number of nitrogens with zero attached hydrogens (tertiary/aromatic N) is 2. The van der Waals surface area contributed by atoms with Gasteiger partial charge in [-0.1, -0.05) is 12.8 Å². The van der Waals surface area contributed by atoms with Crippen LogP contribution in [0.3, 0.4) is 0 Å². The Morgan fingerprint density at radius 3 is 2.81 bits per heavy atom. The molecule has 0 radical (unpaired) electrons. The van der Waals surface area contributed by atoms with Crippen molar-refractivity contribution in [3.63, 3.8) is 0 Å². The van der Waals surface area contributed by atoms with Gasteiger partial charge in [-0.3, -0.25) is 4.99 Å². The number of morpholine rings is 1. The Hall–Kier alpha value is -0.120. The van der Waals surface area contributed by atoms with Crippen LogP contribution >= 0.6 is 24.0 Å². The standard InChI is InChI=1S/C19H33N3O3.HI/c1-3-20-18(22-9-11-24-14(12-22)13-23-2)21-16-15-6-10-25-17(15)19(16)7-4-5-8-19;/h14-17H,3-13H2,1-2H3,(H,20,21);1H. The Balaban J connectivity index is 0.00000196. The first-order valence-corrected chi connectivity index (χ1v) is 10.1. The predicted octanol–water partition coefficient (Wildman–Crippen LogP) is 2.26. The van der Waals surface area contributed by atoms with Gasteiger partial charge in [-0.15, -0.1) is 24.0 Å². The van der Waals surface area contributed by atoms with Gasteiger partial charge in [0.15, 0.2) is 5.96 Å². The van der Waals surface area contributed by atoms with Gasteiger partial charge in [0.1, 0.15) is 0 Å². The van der Waals surface area contributed by atoms with Crippen molar-refractivity contribution in [2.75, 3.05) is 46.6 Å². The van der Waals surface area contributed by atoms with Gasteiger partial charge in [0.25, 0.3) is 0 Å². The summed E-state index contributed by atoms with van der Waals surface area (Å²) in [5.41, 5.74) is 0.355. The van der Waals surface area contributed by atoms with Gasteiger partial charge in [0, 0.05) is 50.7 Å². The third-order valence-electron chi connectivity index (χ3n) is 6.67. The molecule has 6 nitrogen and oxygen atoms in total. The van der Waals surface area contributed by atoms with E-state index in [1.54, 1.807) is 7.11 Å². The maximum atomic E-state index is 6.13. The molecule has 1 N–H and O–H groups in total. The number of halogens is 1. The number of ether oxygens (including phenoxy) is 3. The summed E-state index contributed by atoms with van der Waals surface area (Å²) in [7, 11) is 1.74. The SMILES string of the molecule is CCN=C(NC1C2CCOC2C12CCCC2)N1CCOC(COC)C1.I. The number of fused-ring (bicyclic) bond motifs is 2. The summed E-state index contributed by atoms with van der Waals surface area (Å²) in [5, 5.41) is 3.89. The van der Waals surface area contributed by atoms with E-state index in [-0.39, 0.29) is 30.1 Å². The van der Waals surface area contributed by atoms with Gasteiger partial charge in [-0.2, -0.15) is 0 Å². The summed E-state index contributed by atoms with van der Waals surface area (Å²) >= 11 is 0. The number of aliphatic imine (C=N–C) groups is 1. The highest BCUT2D eigenvalue weighted by molar-refractivity contribution is 14.0. The number of hydrogen-bond acceptors (Lipinski definition) is 4. The van der Waals surface area contributed by atoms with E-state index in [0.717, 1.165) is 38.8 Å². The molecule has 4 unspecified atom stereocenters. The molecule has 0 amide bonds. The summed E-state index contributed by atoms with van der Waals surface area (Å²) in [6.07, 6.45) is 7.12. The second kappa shape index (κ2) is 8.92. The Kier molecular flexibility index (Phi) is 7.07. The lowest BCUT2D eigenvalue weighted by atomic mass is 9.54. The molecule has 2 heterocycles. The summed E-state index contributed by atoms with van der Waals surface area (Å²) in [6, 6.07) is 0.525. The smallest absolute Gasteiger partial charge is 0.194 e. The Morgan fingerprint density at radius 1 is 1.27 bits per heavy atom. The van der Waals surface area contributed by atoms with Gasteiger partial charge in [0.2, 0.25) is 0 Å². The molecule has 4 rings (SSSR count). The first kappa shape index (κ1) is 20.6. The highest BCUT2D eigenvalue weighted by Crippen LogP contribution is 2.60. The average molecular weight is 479 g/mol. The van der Waals surface area contributed by atoms with E-state index in [9.17, 15) is 0 Å². The number of hydrogen-bond donors (Lipinski definition) is 1. The monoisotopic (exact) mass is 479 g/mol. The zero-order chi connectivity index (χ0) is 17.3. The minimum Gasteiger partial charge on any atom is -0.382 e. The molecule has 2 aliphatic carbocycles. The third kappa shape index (κ3) is 3.61. The minimum atomic E-state index is 0. The Bertz CT molecular complexity index is 496. The van der Waals surface area contributed by atoms with Crippen molar-refractivity contribution in [3.05, 3.63) is 0 Å². The van der Waals surface area contributed by atoms with Crippen LogP contribution in [0.5, 0.6) is 0 Å². The molecule has 0 aromatic heterocycles. The molecule has 7 heteroatoms. The molecule has 0 aromatic carbocycles. The van der Waals surface area contributed by atoms with Crippen LogP contribution < -0.4 is 5.32 Å². The number of rotatable bonds is 4. The molecule has 150 valence electrons. The number of guanidine groups is 1. The lowest BCUT2D eigenvalue weighted by molar-refractivity contribution is -0.126. The average Bonchev–Trinajstić information content (AvgIpc) is 3.27. The maximum Gasteiger partial charge on any atom is 0.194 e. The number of methoxy groups -OCH3 is 1. The third-order valence-corrected chi connectivity index (χ3v) is 6.67. The van der Waals surface area contributed by atoms with E-state index in [0.29, 0.717) is 30.1 Å². The molecule has 0 bridgehead atoms. The molecule has 2 saturated heterocycles. The van der Waals surface area contributed by atoms with Crippen LogP contribution in [0.4, 0.5) is 0 Å². The summed E-state index contributed by atoms with van der Waals surface area (Å²) in [5.74, 6) is 1.73. The van der Waals surface area contributed by atoms with Gasteiger partial charge >= 0.3 is 0 Å². The highest BCUT2D eigenvalue weighted by Gasteiger charge is 2.65. The molecule has 1 spiro atoms. The summed E-state index contributed by atoms with van der Waals surface area (Å²) in [6.45, 7) is 6.98. The normalized spacial score (nSPS) is 35.8. The van der Waals surface area contributed by atoms with Crippen molar-refractivity contribution >= 4 is 29.9 Å². The lowest BCUT2D eigenvalue weighted by Gasteiger charge is -2.57. The Labute approximate surface area is 174 Å². The van der Waals surface area contributed by atoms with E-state index in [1.807, 2.05) is 0 Å². The first-order valence-electron chi connectivity index (χ1n) is 10.1. The topological polar surface area (TPSA) is 55.3 Å². The van der Waals surface area contributed by atoms with Crippen LogP contribution in [-0.2, 0) is 14.2 Å². The molecular weight excluding hydrogens is 445 g/mol. The fourth-order valence-corrected chi connectivity index (χ4v) is 5.63. The zero-order valence-electron chi connectivity index (χ0n) is 16.1. The largest absolute Gasteiger partial charge is 0.382 e. The minimum absolute atomic E-state index is 0. The van der Waals surface area contributed by atoms with E-state index < -0.39 is 0 Å². The second-order valence-corrected chi connectivity index (χ2v) is 8.00. The fourth-order valence-electron chi connectivity index (χ4n) is 5.63. The molecule has 4 atom stereocenters. The molecule has 26 heavy (non-hydrogen) atoms. The van der Waals surface area contributed by atoms with Gasteiger partial charge < -0.3 is 24.4 Å². The van der Waals surface area contributed by atoms with Crippen molar-refractivity contribution in [3.8, 4) is 0 Å². The fraction of sp³-hybridized carbons (Fsp3) is 0.947. The second-order valence-electron chi connectivity index (χ2n) is 8.00. The van der Waals surface area contributed by atoms with Crippen LogP contribution in [0.2, 0.25) is 0 Å². The molecule has 2 aliphatic heterocycles. The number of nitrogens with one attached hydrogen (secondary N) is 1. The summed E-state index contributed by atoms with van der Waals surface area (Å²) < 4.78 is 17.2. The quantitative estimate of drug-likeness (QED) is 0.381. The van der Waals surface area contributed by atoms with Gasteiger partial charge in [0.05, 0.1) is 25.4 Å². The predicted molar refractivity (Wildman–Crippen MR) is 112 cm³/mol. The molecule has 2 saturated carbocycles. The molecule has 4 aliphatic rings. The molecule has 0 aromatic rings. The molecular formula is C19H34IN3O3. The first-order chi connectivity index (χ1) is 12.3. The van der Waals surface area contributed by atoms with Crippen LogP contribution in [-0.4, -0.2) is 75.7 Å². The maximum absolute atomic E-state index is 6.13. The van der Waals surface area contributed by atoms with E-state index in [1.165, 1.54) is 32.1 Å². The van der Waals surface area contributed by atoms with Crippen LogP contribution in [0.1, 0.15) is 39.0 Å². The lowest BCUT2D eigenvalue weighted by Crippen LogP contribution is -2.70. The van der Waals surface area contributed by atoms with E-state index >= 15 is 0 Å². The molecule has 4 fully saturated rings. The van der Waals surface area contributed by atoms with Crippen molar-refractivity contribution in [2.24, 2.45) is 16.3 Å². The highest BCUT2D eigenvalue weighted by atomic mass is 127. The van der Waals surface area contributed by atoms with Crippen molar-refractivity contribution < 1.29 is 14.2 Å².